The second-order valence-corrected chi connectivity index (χ2v) is 5.73. The predicted molar refractivity (Wildman–Crippen MR) is 103 cm³/mol. The zero-order chi connectivity index (χ0) is 20.8. The lowest BCUT2D eigenvalue weighted by molar-refractivity contribution is -0.118. The van der Waals surface area contributed by atoms with Crippen LogP contribution < -0.4 is 34.2 Å². The Labute approximate surface area is 164 Å². The van der Waals surface area contributed by atoms with Gasteiger partial charge in [0.2, 0.25) is 5.91 Å². The van der Waals surface area contributed by atoms with E-state index in [2.05, 4.69) is 0 Å². The molecule has 28 heavy (non-hydrogen) atoms. The van der Waals surface area contributed by atoms with E-state index in [4.69, 9.17) is 34.2 Å². The van der Waals surface area contributed by atoms with Crippen LogP contribution in [0.3, 0.4) is 0 Å². The molecule has 0 atom stereocenters. The second-order valence-electron chi connectivity index (χ2n) is 5.73. The molecule has 1 amide bonds. The van der Waals surface area contributed by atoms with Crippen molar-refractivity contribution in [3.63, 3.8) is 0 Å². The van der Waals surface area contributed by atoms with Gasteiger partial charge in [0.15, 0.2) is 23.0 Å². The number of carbonyl (C=O) groups is 1. The zero-order valence-corrected chi connectivity index (χ0v) is 16.8. The summed E-state index contributed by atoms with van der Waals surface area (Å²) >= 11 is 0. The average molecular weight is 391 g/mol. The SMILES string of the molecule is COc1cc(OC)c(C(C(N)=O)c2cc(OC)c(OC)cc2OC)cc1OC. The summed E-state index contributed by atoms with van der Waals surface area (Å²) in [4.78, 5) is 12.5. The highest BCUT2D eigenvalue weighted by atomic mass is 16.5. The number of nitrogens with two attached hydrogens (primary N) is 1. The lowest BCUT2D eigenvalue weighted by Crippen LogP contribution is -2.23. The minimum absolute atomic E-state index is 0.415. The Balaban J connectivity index is 2.79. The number of hydrogen-bond donors (Lipinski definition) is 1. The lowest BCUT2D eigenvalue weighted by Gasteiger charge is -2.22. The summed E-state index contributed by atoms with van der Waals surface area (Å²) in [6.45, 7) is 0. The molecule has 0 bridgehead atoms. The third-order valence-corrected chi connectivity index (χ3v) is 4.38. The maximum Gasteiger partial charge on any atom is 0.229 e. The van der Waals surface area contributed by atoms with Crippen molar-refractivity contribution in [1.82, 2.24) is 0 Å². The summed E-state index contributed by atoms with van der Waals surface area (Å²) in [5, 5.41) is 0. The average Bonchev–Trinajstić information content (AvgIpc) is 2.72. The van der Waals surface area contributed by atoms with Crippen LogP contribution in [0.25, 0.3) is 0 Å². The van der Waals surface area contributed by atoms with E-state index in [1.165, 1.54) is 42.7 Å². The summed E-state index contributed by atoms with van der Waals surface area (Å²) in [7, 11) is 9.03. The zero-order valence-electron chi connectivity index (χ0n) is 16.8. The van der Waals surface area contributed by atoms with Crippen LogP contribution in [0.15, 0.2) is 24.3 Å². The van der Waals surface area contributed by atoms with Crippen molar-refractivity contribution in [3.05, 3.63) is 35.4 Å². The summed E-state index contributed by atoms with van der Waals surface area (Å²) in [5.74, 6) is 1.13. The highest BCUT2D eigenvalue weighted by molar-refractivity contribution is 5.88. The molecular weight excluding hydrogens is 366 g/mol. The Bertz CT molecular complexity index is 787. The molecule has 0 heterocycles. The van der Waals surface area contributed by atoms with E-state index < -0.39 is 11.8 Å². The normalized spacial score (nSPS) is 10.4. The van der Waals surface area contributed by atoms with E-state index in [0.29, 0.717) is 45.6 Å². The number of methoxy groups -OCH3 is 6. The summed E-state index contributed by atoms with van der Waals surface area (Å²) in [6.07, 6.45) is 0. The number of hydrogen-bond acceptors (Lipinski definition) is 7. The molecule has 0 aliphatic heterocycles. The summed E-state index contributed by atoms with van der Waals surface area (Å²) in [6, 6.07) is 6.58. The van der Waals surface area contributed by atoms with Crippen LogP contribution in [-0.4, -0.2) is 48.6 Å². The van der Waals surface area contributed by atoms with E-state index in [1.807, 2.05) is 0 Å². The molecule has 2 rings (SSSR count). The Kier molecular flexibility index (Phi) is 6.81. The number of carbonyl (C=O) groups excluding carboxylic acids is 1. The van der Waals surface area contributed by atoms with E-state index in [9.17, 15) is 4.79 Å². The molecule has 8 heteroatoms. The van der Waals surface area contributed by atoms with Crippen molar-refractivity contribution in [1.29, 1.82) is 0 Å². The van der Waals surface area contributed by atoms with Gasteiger partial charge in [-0.1, -0.05) is 0 Å². The Morgan fingerprint density at radius 3 is 1.14 bits per heavy atom. The van der Waals surface area contributed by atoms with E-state index in [1.54, 1.807) is 24.3 Å². The number of benzene rings is 2. The maximum absolute atomic E-state index is 12.5. The molecule has 0 fully saturated rings. The molecule has 0 spiro atoms. The molecule has 0 saturated heterocycles. The van der Waals surface area contributed by atoms with Crippen LogP contribution in [0.5, 0.6) is 34.5 Å². The largest absolute Gasteiger partial charge is 0.496 e. The van der Waals surface area contributed by atoms with E-state index >= 15 is 0 Å². The molecule has 8 nitrogen and oxygen atoms in total. The highest BCUT2D eigenvalue weighted by Crippen LogP contribution is 2.45. The second kappa shape index (κ2) is 9.07. The fourth-order valence-electron chi connectivity index (χ4n) is 3.03. The molecule has 2 aromatic rings. The highest BCUT2D eigenvalue weighted by Gasteiger charge is 2.30. The van der Waals surface area contributed by atoms with Crippen molar-refractivity contribution in [2.75, 3.05) is 42.7 Å². The third kappa shape index (κ3) is 3.85. The molecule has 0 radical (unpaired) electrons. The summed E-state index contributed by atoms with van der Waals surface area (Å²) < 4.78 is 32.3. The van der Waals surface area contributed by atoms with Crippen molar-refractivity contribution in [2.45, 2.75) is 5.92 Å². The topological polar surface area (TPSA) is 98.5 Å². The molecule has 0 unspecified atom stereocenters. The van der Waals surface area contributed by atoms with Gasteiger partial charge in [-0.05, 0) is 12.1 Å². The smallest absolute Gasteiger partial charge is 0.229 e. The Morgan fingerprint density at radius 2 is 0.893 bits per heavy atom. The Hall–Kier alpha value is -3.29. The first-order valence-electron chi connectivity index (χ1n) is 8.34. The van der Waals surface area contributed by atoms with Gasteiger partial charge in [0.05, 0.1) is 48.6 Å². The first kappa shape index (κ1) is 21.0. The minimum Gasteiger partial charge on any atom is -0.496 e. The van der Waals surface area contributed by atoms with Crippen LogP contribution in [0.2, 0.25) is 0 Å². The number of ether oxygens (including phenoxy) is 6. The first-order valence-corrected chi connectivity index (χ1v) is 8.34. The fraction of sp³-hybridized carbons (Fsp3) is 0.350. The van der Waals surface area contributed by atoms with Gasteiger partial charge in [-0.25, -0.2) is 0 Å². The monoisotopic (exact) mass is 391 g/mol. The number of amides is 1. The summed E-state index contributed by atoms with van der Waals surface area (Å²) in [5.41, 5.74) is 6.77. The molecule has 152 valence electrons. The predicted octanol–water partition coefficient (Wildman–Crippen LogP) is 2.36. The van der Waals surface area contributed by atoms with Gasteiger partial charge >= 0.3 is 0 Å². The van der Waals surface area contributed by atoms with Gasteiger partial charge in [0, 0.05) is 23.3 Å². The molecule has 0 saturated carbocycles. The van der Waals surface area contributed by atoms with Crippen molar-refractivity contribution in [2.24, 2.45) is 5.73 Å². The third-order valence-electron chi connectivity index (χ3n) is 4.38. The maximum atomic E-state index is 12.5. The first-order chi connectivity index (χ1) is 13.4. The van der Waals surface area contributed by atoms with Gasteiger partial charge in [0.25, 0.3) is 0 Å². The molecule has 0 aliphatic carbocycles. The molecule has 0 aliphatic rings. The van der Waals surface area contributed by atoms with Gasteiger partial charge in [-0.15, -0.1) is 0 Å². The molecule has 2 aromatic carbocycles. The molecule has 0 aromatic heterocycles. The van der Waals surface area contributed by atoms with Crippen LogP contribution in [0.1, 0.15) is 17.0 Å². The van der Waals surface area contributed by atoms with Gasteiger partial charge in [0.1, 0.15) is 11.5 Å². The van der Waals surface area contributed by atoms with Crippen molar-refractivity contribution >= 4 is 5.91 Å². The fourth-order valence-corrected chi connectivity index (χ4v) is 3.03. The van der Waals surface area contributed by atoms with Gasteiger partial charge in [-0.2, -0.15) is 0 Å². The number of rotatable bonds is 9. The molecular formula is C20H25NO7. The van der Waals surface area contributed by atoms with Crippen LogP contribution in [0.4, 0.5) is 0 Å². The standard InChI is InChI=1S/C20H25NO7/c1-23-13-9-17(27-5)15(25-3)7-11(13)19(20(21)22)12-8-16(26-4)18(28-6)10-14(12)24-2/h7-10,19H,1-6H3,(H2,21,22). The van der Waals surface area contributed by atoms with Gasteiger partial charge in [-0.3, -0.25) is 4.79 Å². The Morgan fingerprint density at radius 1 is 0.607 bits per heavy atom. The van der Waals surface area contributed by atoms with E-state index in [-0.39, 0.29) is 0 Å². The van der Waals surface area contributed by atoms with Crippen LogP contribution in [0, 0.1) is 0 Å². The van der Waals surface area contributed by atoms with E-state index in [0.717, 1.165) is 0 Å². The lowest BCUT2D eigenvalue weighted by atomic mass is 9.88. The van der Waals surface area contributed by atoms with Crippen LogP contribution in [-0.2, 0) is 4.79 Å². The quantitative estimate of drug-likeness (QED) is 0.700. The molecule has 2 N–H and O–H groups in total. The van der Waals surface area contributed by atoms with Crippen molar-refractivity contribution < 1.29 is 33.2 Å². The van der Waals surface area contributed by atoms with Crippen molar-refractivity contribution in [3.8, 4) is 34.5 Å². The minimum atomic E-state index is -0.899. The van der Waals surface area contributed by atoms with Crippen LogP contribution >= 0.6 is 0 Å². The van der Waals surface area contributed by atoms with Gasteiger partial charge < -0.3 is 34.2 Å². The number of primary amides is 1.